The van der Waals surface area contributed by atoms with Gasteiger partial charge in [-0.25, -0.2) is 0 Å². The fourth-order valence-electron chi connectivity index (χ4n) is 4.57. The molecule has 0 saturated carbocycles. The first kappa shape index (κ1) is 19.9. The van der Waals surface area contributed by atoms with Crippen molar-refractivity contribution in [2.24, 2.45) is 0 Å². The van der Waals surface area contributed by atoms with E-state index in [-0.39, 0.29) is 0 Å². The molecule has 4 heteroatoms. The van der Waals surface area contributed by atoms with Crippen LogP contribution in [0.1, 0.15) is 16.7 Å². The standard InChI is InChI=1S/C29H22O3S/c1-30-22-12-8-20(9-13-22)29(21-10-14-23(31-2)15-11-21)18-17-19-7-16-25-24-5-3-4-6-26(24)33-28(25)27(19)32-29/h3-18H,1-2H3. The van der Waals surface area contributed by atoms with Crippen LogP contribution in [0.4, 0.5) is 0 Å². The van der Waals surface area contributed by atoms with Crippen molar-refractivity contribution in [2.45, 2.75) is 5.60 Å². The van der Waals surface area contributed by atoms with Gasteiger partial charge in [0.1, 0.15) is 17.2 Å². The first-order valence-corrected chi connectivity index (χ1v) is 11.6. The third-order valence-electron chi connectivity index (χ3n) is 6.33. The van der Waals surface area contributed by atoms with Crippen LogP contribution in [-0.2, 0) is 5.60 Å². The average Bonchev–Trinajstić information content (AvgIpc) is 3.28. The van der Waals surface area contributed by atoms with Crippen molar-refractivity contribution in [3.05, 3.63) is 108 Å². The molecule has 162 valence electrons. The Morgan fingerprint density at radius 1 is 0.697 bits per heavy atom. The summed E-state index contributed by atoms with van der Waals surface area (Å²) in [4.78, 5) is 0. The van der Waals surface area contributed by atoms with E-state index >= 15 is 0 Å². The second-order valence-corrected chi connectivity index (χ2v) is 9.14. The van der Waals surface area contributed by atoms with E-state index in [9.17, 15) is 0 Å². The summed E-state index contributed by atoms with van der Waals surface area (Å²) in [6.07, 6.45) is 4.33. The molecule has 0 spiro atoms. The Balaban J connectivity index is 1.58. The minimum atomic E-state index is -0.768. The van der Waals surface area contributed by atoms with Gasteiger partial charge in [0.15, 0.2) is 5.60 Å². The summed E-state index contributed by atoms with van der Waals surface area (Å²) >= 11 is 1.78. The molecule has 0 bridgehead atoms. The molecule has 0 fully saturated rings. The van der Waals surface area contributed by atoms with E-state index in [1.165, 1.54) is 20.2 Å². The summed E-state index contributed by atoms with van der Waals surface area (Å²) in [5.74, 6) is 2.55. The van der Waals surface area contributed by atoms with Crippen molar-refractivity contribution in [2.75, 3.05) is 14.2 Å². The smallest absolute Gasteiger partial charge is 0.178 e. The number of fused-ring (bicyclic) bond motifs is 5. The van der Waals surface area contributed by atoms with Gasteiger partial charge in [-0.15, -0.1) is 11.3 Å². The number of hydrogen-bond acceptors (Lipinski definition) is 4. The number of ether oxygens (including phenoxy) is 3. The topological polar surface area (TPSA) is 27.7 Å². The Morgan fingerprint density at radius 2 is 1.33 bits per heavy atom. The molecule has 4 aromatic carbocycles. The van der Waals surface area contributed by atoms with Crippen LogP contribution < -0.4 is 14.2 Å². The van der Waals surface area contributed by atoms with Crippen LogP contribution in [-0.4, -0.2) is 14.2 Å². The quantitative estimate of drug-likeness (QED) is 0.285. The van der Waals surface area contributed by atoms with E-state index in [1.54, 1.807) is 25.6 Å². The SMILES string of the molecule is COc1ccc(C2(c3ccc(OC)cc3)C=Cc3ccc4c(sc5ccccc54)c3O2)cc1. The maximum Gasteiger partial charge on any atom is 0.178 e. The Kier molecular flexibility index (Phi) is 4.63. The maximum atomic E-state index is 7.02. The molecule has 6 rings (SSSR count). The van der Waals surface area contributed by atoms with Crippen LogP contribution in [0.2, 0.25) is 0 Å². The Bertz CT molecular complexity index is 1450. The number of thiophene rings is 1. The zero-order chi connectivity index (χ0) is 22.4. The van der Waals surface area contributed by atoms with E-state index in [0.29, 0.717) is 0 Å². The lowest BCUT2D eigenvalue weighted by Crippen LogP contribution is -2.34. The van der Waals surface area contributed by atoms with E-state index in [4.69, 9.17) is 14.2 Å². The summed E-state index contributed by atoms with van der Waals surface area (Å²) in [5.41, 5.74) is 2.39. The van der Waals surface area contributed by atoms with E-state index in [1.807, 2.05) is 24.3 Å². The molecule has 1 aromatic heterocycles. The Morgan fingerprint density at radius 3 is 1.97 bits per heavy atom. The third-order valence-corrected chi connectivity index (χ3v) is 7.52. The normalized spacial score (nSPS) is 14.1. The monoisotopic (exact) mass is 450 g/mol. The predicted molar refractivity (Wildman–Crippen MR) is 136 cm³/mol. The average molecular weight is 451 g/mol. The summed E-state index contributed by atoms with van der Waals surface area (Å²) in [5, 5.41) is 2.49. The number of hydrogen-bond donors (Lipinski definition) is 0. The summed E-state index contributed by atoms with van der Waals surface area (Å²) in [6, 6.07) is 29.1. The summed E-state index contributed by atoms with van der Waals surface area (Å²) in [6.45, 7) is 0. The number of benzene rings is 4. The fourth-order valence-corrected chi connectivity index (χ4v) is 5.77. The van der Waals surface area contributed by atoms with Gasteiger partial charge in [-0.05, 0) is 36.4 Å². The summed E-state index contributed by atoms with van der Waals surface area (Å²) in [7, 11) is 3.36. The van der Waals surface area contributed by atoms with Gasteiger partial charge >= 0.3 is 0 Å². The van der Waals surface area contributed by atoms with Crippen LogP contribution >= 0.6 is 11.3 Å². The van der Waals surface area contributed by atoms with E-state index < -0.39 is 5.60 Å². The molecule has 0 N–H and O–H groups in total. The molecule has 5 aromatic rings. The minimum Gasteiger partial charge on any atom is -0.497 e. The zero-order valence-corrected chi connectivity index (χ0v) is 19.2. The lowest BCUT2D eigenvalue weighted by atomic mass is 9.83. The molecule has 33 heavy (non-hydrogen) atoms. The lowest BCUT2D eigenvalue weighted by molar-refractivity contribution is 0.164. The van der Waals surface area contributed by atoms with Crippen LogP contribution in [0.3, 0.4) is 0 Å². The van der Waals surface area contributed by atoms with Gasteiger partial charge in [-0.1, -0.05) is 60.7 Å². The van der Waals surface area contributed by atoms with Gasteiger partial charge in [-0.2, -0.15) is 0 Å². The molecule has 1 aliphatic rings. The van der Waals surface area contributed by atoms with Crippen LogP contribution in [0, 0.1) is 0 Å². The van der Waals surface area contributed by atoms with Crippen molar-refractivity contribution >= 4 is 37.6 Å². The van der Waals surface area contributed by atoms with Crippen LogP contribution in [0.5, 0.6) is 17.2 Å². The van der Waals surface area contributed by atoms with Gasteiger partial charge in [0, 0.05) is 32.2 Å². The van der Waals surface area contributed by atoms with E-state index in [0.717, 1.165) is 33.9 Å². The second-order valence-electron chi connectivity index (χ2n) is 8.09. The van der Waals surface area contributed by atoms with Gasteiger partial charge < -0.3 is 14.2 Å². The van der Waals surface area contributed by atoms with Crippen molar-refractivity contribution < 1.29 is 14.2 Å². The predicted octanol–water partition coefficient (Wildman–Crippen LogP) is 7.42. The Labute approximate surface area is 196 Å². The molecule has 2 heterocycles. The maximum absolute atomic E-state index is 7.02. The van der Waals surface area contributed by atoms with Crippen LogP contribution in [0.15, 0.2) is 91.0 Å². The van der Waals surface area contributed by atoms with Crippen molar-refractivity contribution in [1.29, 1.82) is 0 Å². The third kappa shape index (κ3) is 3.10. The molecule has 0 aliphatic carbocycles. The number of methoxy groups -OCH3 is 2. The largest absolute Gasteiger partial charge is 0.497 e. The van der Waals surface area contributed by atoms with Crippen LogP contribution in [0.25, 0.3) is 26.2 Å². The molecule has 1 aliphatic heterocycles. The van der Waals surface area contributed by atoms with Gasteiger partial charge in [0.2, 0.25) is 0 Å². The van der Waals surface area contributed by atoms with Crippen molar-refractivity contribution in [3.8, 4) is 17.2 Å². The van der Waals surface area contributed by atoms with Crippen molar-refractivity contribution in [1.82, 2.24) is 0 Å². The first-order valence-electron chi connectivity index (χ1n) is 10.8. The van der Waals surface area contributed by atoms with Gasteiger partial charge in [0.25, 0.3) is 0 Å². The van der Waals surface area contributed by atoms with E-state index in [2.05, 4.69) is 72.8 Å². The fraction of sp³-hybridized carbons (Fsp3) is 0.103. The highest BCUT2D eigenvalue weighted by molar-refractivity contribution is 7.26. The highest BCUT2D eigenvalue weighted by Crippen LogP contribution is 2.48. The molecule has 0 saturated heterocycles. The van der Waals surface area contributed by atoms with Gasteiger partial charge in [-0.3, -0.25) is 0 Å². The summed E-state index contributed by atoms with van der Waals surface area (Å²) < 4.78 is 20.3. The highest BCUT2D eigenvalue weighted by atomic mass is 32.1. The first-order chi connectivity index (χ1) is 16.2. The lowest BCUT2D eigenvalue weighted by Gasteiger charge is -2.36. The zero-order valence-electron chi connectivity index (χ0n) is 18.4. The Hall–Kier alpha value is -3.76. The molecule has 3 nitrogen and oxygen atoms in total. The molecule has 0 unspecified atom stereocenters. The van der Waals surface area contributed by atoms with Gasteiger partial charge in [0.05, 0.1) is 18.9 Å². The highest BCUT2D eigenvalue weighted by Gasteiger charge is 2.38. The molecule has 0 radical (unpaired) electrons. The molecular formula is C29H22O3S. The van der Waals surface area contributed by atoms with Crippen molar-refractivity contribution in [3.63, 3.8) is 0 Å². The second kappa shape index (κ2) is 7.68. The molecule has 0 atom stereocenters. The molecule has 0 amide bonds. The number of rotatable bonds is 4. The minimum absolute atomic E-state index is 0.768. The molecular weight excluding hydrogens is 428 g/mol.